The molecule has 3 heterocycles. The molecule has 3 aromatic heterocycles. The Hall–Kier alpha value is -3.13. The van der Waals surface area contributed by atoms with E-state index in [1.54, 1.807) is 30.2 Å². The van der Waals surface area contributed by atoms with Crippen LogP contribution in [-0.4, -0.2) is 19.5 Å². The van der Waals surface area contributed by atoms with Crippen LogP contribution in [0.5, 0.6) is 0 Å². The summed E-state index contributed by atoms with van der Waals surface area (Å²) in [5, 5.41) is 3.88. The number of benzene rings is 1. The minimum atomic E-state index is -0.481. The monoisotopic (exact) mass is 339 g/mol. The van der Waals surface area contributed by atoms with Crippen LogP contribution >= 0.6 is 11.3 Å². The standard InChI is InChI=1S/C16H10FN5OS/c17-10-3-4-13-12(6-10)15(23)22(14-8-19-9-24-14)16(21-13)20-11-2-1-5-18-7-11/h1-9H,(H,20,21). The van der Waals surface area contributed by atoms with Gasteiger partial charge in [0.2, 0.25) is 5.95 Å². The molecule has 0 saturated carbocycles. The second-order valence-corrected chi connectivity index (χ2v) is 5.81. The highest BCUT2D eigenvalue weighted by molar-refractivity contribution is 7.12. The molecule has 0 aliphatic rings. The minimum Gasteiger partial charge on any atom is -0.324 e. The summed E-state index contributed by atoms with van der Waals surface area (Å²) in [4.78, 5) is 25.4. The van der Waals surface area contributed by atoms with Gasteiger partial charge in [-0.05, 0) is 30.3 Å². The third-order valence-electron chi connectivity index (χ3n) is 3.39. The summed E-state index contributed by atoms with van der Waals surface area (Å²) >= 11 is 1.29. The molecule has 0 aliphatic heterocycles. The Morgan fingerprint density at radius 3 is 2.83 bits per heavy atom. The zero-order valence-corrected chi connectivity index (χ0v) is 13.0. The molecule has 0 amide bonds. The van der Waals surface area contributed by atoms with Crippen LogP contribution in [-0.2, 0) is 0 Å². The molecule has 0 atom stereocenters. The maximum atomic E-state index is 13.5. The number of fused-ring (bicyclic) bond motifs is 1. The SMILES string of the molecule is O=c1c2cc(F)ccc2nc(Nc2cccnc2)n1-c1cncs1. The normalized spacial score (nSPS) is 10.9. The fraction of sp³-hybridized carbons (Fsp3) is 0. The first-order valence-electron chi connectivity index (χ1n) is 7.00. The van der Waals surface area contributed by atoms with E-state index in [0.29, 0.717) is 22.2 Å². The lowest BCUT2D eigenvalue weighted by Gasteiger charge is -2.13. The second kappa shape index (κ2) is 5.82. The number of nitrogens with zero attached hydrogens (tertiary/aromatic N) is 4. The summed E-state index contributed by atoms with van der Waals surface area (Å²) in [6, 6.07) is 7.53. The Balaban J connectivity index is 1.99. The summed E-state index contributed by atoms with van der Waals surface area (Å²) in [6.07, 6.45) is 4.84. The average Bonchev–Trinajstić information content (AvgIpc) is 3.11. The maximum Gasteiger partial charge on any atom is 0.268 e. The van der Waals surface area contributed by atoms with E-state index in [1.165, 1.54) is 34.1 Å². The van der Waals surface area contributed by atoms with Crippen LogP contribution in [0.4, 0.5) is 16.0 Å². The van der Waals surface area contributed by atoms with Gasteiger partial charge in [-0.25, -0.2) is 13.9 Å². The van der Waals surface area contributed by atoms with Crippen molar-refractivity contribution in [1.82, 2.24) is 19.5 Å². The minimum absolute atomic E-state index is 0.208. The summed E-state index contributed by atoms with van der Waals surface area (Å²) in [5.74, 6) is -0.165. The van der Waals surface area contributed by atoms with Gasteiger partial charge in [0.15, 0.2) is 0 Å². The van der Waals surface area contributed by atoms with Crippen molar-refractivity contribution in [2.45, 2.75) is 0 Å². The molecule has 8 heteroatoms. The number of hydrogen-bond acceptors (Lipinski definition) is 6. The first-order valence-corrected chi connectivity index (χ1v) is 7.88. The molecule has 1 N–H and O–H groups in total. The van der Waals surface area contributed by atoms with Crippen molar-refractivity contribution in [3.63, 3.8) is 0 Å². The van der Waals surface area contributed by atoms with Crippen molar-refractivity contribution in [2.75, 3.05) is 5.32 Å². The van der Waals surface area contributed by atoms with Crippen LogP contribution < -0.4 is 10.9 Å². The third kappa shape index (κ3) is 2.52. The molecular formula is C16H10FN5OS. The number of pyridine rings is 1. The first kappa shape index (κ1) is 14.5. The molecule has 0 radical (unpaired) electrons. The van der Waals surface area contributed by atoms with Gasteiger partial charge >= 0.3 is 0 Å². The number of thiazole rings is 1. The average molecular weight is 339 g/mol. The smallest absolute Gasteiger partial charge is 0.268 e. The number of hydrogen-bond donors (Lipinski definition) is 1. The Labute approximate surface area is 139 Å². The van der Waals surface area contributed by atoms with E-state index in [4.69, 9.17) is 0 Å². The zero-order chi connectivity index (χ0) is 16.5. The van der Waals surface area contributed by atoms with Gasteiger partial charge in [-0.2, -0.15) is 0 Å². The summed E-state index contributed by atoms with van der Waals surface area (Å²) in [6.45, 7) is 0. The number of halogens is 1. The van der Waals surface area contributed by atoms with Crippen LogP contribution in [0, 0.1) is 5.82 Å². The van der Waals surface area contributed by atoms with Crippen LogP contribution in [0.2, 0.25) is 0 Å². The summed E-state index contributed by atoms with van der Waals surface area (Å²) < 4.78 is 14.9. The van der Waals surface area contributed by atoms with E-state index >= 15 is 0 Å². The van der Waals surface area contributed by atoms with E-state index in [2.05, 4.69) is 20.3 Å². The van der Waals surface area contributed by atoms with Gasteiger partial charge in [-0.15, -0.1) is 11.3 Å². The second-order valence-electron chi connectivity index (χ2n) is 4.94. The molecule has 0 saturated heterocycles. The molecule has 0 spiro atoms. The van der Waals surface area contributed by atoms with Gasteiger partial charge in [-0.1, -0.05) is 0 Å². The van der Waals surface area contributed by atoms with Crippen LogP contribution in [0.15, 0.2) is 59.2 Å². The molecule has 0 aliphatic carbocycles. The molecule has 118 valence electrons. The molecule has 0 fully saturated rings. The Bertz CT molecular complexity index is 1060. The molecule has 0 unspecified atom stereocenters. The predicted molar refractivity (Wildman–Crippen MR) is 90.5 cm³/mol. The number of anilines is 2. The van der Waals surface area contributed by atoms with Crippen molar-refractivity contribution in [2.24, 2.45) is 0 Å². The number of nitrogens with one attached hydrogen (secondary N) is 1. The van der Waals surface area contributed by atoms with Crippen LogP contribution in [0.1, 0.15) is 0 Å². The Morgan fingerprint density at radius 1 is 1.17 bits per heavy atom. The fourth-order valence-corrected chi connectivity index (χ4v) is 2.96. The Kier molecular flexibility index (Phi) is 3.51. The molecular weight excluding hydrogens is 329 g/mol. The van der Waals surface area contributed by atoms with Crippen molar-refractivity contribution in [3.05, 3.63) is 70.6 Å². The van der Waals surface area contributed by atoms with Crippen molar-refractivity contribution in [3.8, 4) is 5.00 Å². The summed E-state index contributed by atoms with van der Waals surface area (Å²) in [5.41, 5.74) is 2.35. The van der Waals surface area contributed by atoms with Crippen LogP contribution in [0.3, 0.4) is 0 Å². The highest BCUT2D eigenvalue weighted by atomic mass is 32.1. The maximum absolute atomic E-state index is 13.5. The zero-order valence-electron chi connectivity index (χ0n) is 12.2. The van der Waals surface area contributed by atoms with Crippen molar-refractivity contribution < 1.29 is 4.39 Å². The van der Waals surface area contributed by atoms with E-state index < -0.39 is 5.82 Å². The predicted octanol–water partition coefficient (Wildman–Crippen LogP) is 3.12. The van der Waals surface area contributed by atoms with E-state index in [0.717, 1.165) is 0 Å². The topological polar surface area (TPSA) is 72.7 Å². The van der Waals surface area contributed by atoms with Gasteiger partial charge < -0.3 is 5.32 Å². The lowest BCUT2D eigenvalue weighted by atomic mass is 10.2. The quantitative estimate of drug-likeness (QED) is 0.621. The summed E-state index contributed by atoms with van der Waals surface area (Å²) in [7, 11) is 0. The van der Waals surface area contributed by atoms with Crippen LogP contribution in [0.25, 0.3) is 15.9 Å². The Morgan fingerprint density at radius 2 is 2.08 bits per heavy atom. The van der Waals surface area contributed by atoms with E-state index in [1.807, 2.05) is 6.07 Å². The van der Waals surface area contributed by atoms with Gasteiger partial charge in [0.1, 0.15) is 10.8 Å². The lowest BCUT2D eigenvalue weighted by Crippen LogP contribution is -2.22. The largest absolute Gasteiger partial charge is 0.324 e. The number of rotatable bonds is 3. The lowest BCUT2D eigenvalue weighted by molar-refractivity contribution is 0.629. The van der Waals surface area contributed by atoms with Gasteiger partial charge in [0.25, 0.3) is 5.56 Å². The number of aromatic nitrogens is 4. The first-order chi connectivity index (χ1) is 11.7. The van der Waals surface area contributed by atoms with Gasteiger partial charge in [-0.3, -0.25) is 14.8 Å². The highest BCUT2D eigenvalue weighted by Crippen LogP contribution is 2.21. The van der Waals surface area contributed by atoms with Crippen molar-refractivity contribution >= 4 is 33.9 Å². The third-order valence-corrected chi connectivity index (χ3v) is 4.14. The molecule has 4 aromatic rings. The highest BCUT2D eigenvalue weighted by Gasteiger charge is 2.14. The molecule has 4 rings (SSSR count). The molecule has 0 bridgehead atoms. The van der Waals surface area contributed by atoms with Gasteiger partial charge in [0.05, 0.1) is 34.5 Å². The fourth-order valence-electron chi connectivity index (χ4n) is 2.33. The molecule has 24 heavy (non-hydrogen) atoms. The molecule has 6 nitrogen and oxygen atoms in total. The molecule has 1 aromatic carbocycles. The van der Waals surface area contributed by atoms with E-state index in [-0.39, 0.29) is 10.9 Å². The van der Waals surface area contributed by atoms with Gasteiger partial charge in [0, 0.05) is 6.20 Å². The van der Waals surface area contributed by atoms with Crippen molar-refractivity contribution in [1.29, 1.82) is 0 Å². The van der Waals surface area contributed by atoms with E-state index in [9.17, 15) is 9.18 Å².